The number of nitrogens with one attached hydrogen (secondary N) is 1. The summed E-state index contributed by atoms with van der Waals surface area (Å²) in [4.78, 5) is 11.5. The molecule has 0 radical (unpaired) electrons. The molecule has 1 aromatic heterocycles. The first kappa shape index (κ1) is 15.0. The molecule has 1 aliphatic rings. The smallest absolute Gasteiger partial charge is 0.137 e. The zero-order valence-corrected chi connectivity index (χ0v) is 13.0. The Labute approximate surface area is 121 Å². The highest BCUT2D eigenvalue weighted by Crippen LogP contribution is 2.28. The quantitative estimate of drug-likeness (QED) is 0.887. The molecule has 0 aromatic carbocycles. The zero-order valence-electron chi connectivity index (χ0n) is 13.0. The van der Waals surface area contributed by atoms with Crippen molar-refractivity contribution in [1.82, 2.24) is 9.97 Å². The number of rotatable bonds is 3. The third kappa shape index (κ3) is 3.20. The maximum atomic E-state index is 10.2. The predicted octanol–water partition coefficient (Wildman–Crippen LogP) is 2.13. The van der Waals surface area contributed by atoms with Crippen LogP contribution in [0.1, 0.15) is 44.5 Å². The van der Waals surface area contributed by atoms with Crippen molar-refractivity contribution in [2.24, 2.45) is 0 Å². The molecule has 2 heterocycles. The lowest BCUT2D eigenvalue weighted by Crippen LogP contribution is -2.29. The van der Waals surface area contributed by atoms with E-state index in [0.29, 0.717) is 0 Å². The highest BCUT2D eigenvalue weighted by Gasteiger charge is 2.26. The van der Waals surface area contributed by atoms with Crippen molar-refractivity contribution in [3.8, 4) is 0 Å². The second-order valence-corrected chi connectivity index (χ2v) is 5.88. The van der Waals surface area contributed by atoms with Crippen LogP contribution >= 0.6 is 0 Å². The van der Waals surface area contributed by atoms with Crippen LogP contribution in [0, 0.1) is 6.92 Å². The third-order valence-corrected chi connectivity index (χ3v) is 4.08. The number of anilines is 2. The van der Waals surface area contributed by atoms with Crippen LogP contribution in [-0.2, 0) is 6.42 Å². The van der Waals surface area contributed by atoms with Crippen LogP contribution in [-0.4, -0.2) is 40.8 Å². The van der Waals surface area contributed by atoms with Crippen molar-refractivity contribution < 1.29 is 5.11 Å². The zero-order chi connectivity index (χ0) is 14.8. The molecule has 2 rings (SSSR count). The molecule has 5 nitrogen and oxygen atoms in total. The van der Waals surface area contributed by atoms with Gasteiger partial charge in [0.05, 0.1) is 5.60 Å². The van der Waals surface area contributed by atoms with Gasteiger partial charge in [-0.1, -0.05) is 6.92 Å². The molecule has 5 heteroatoms. The lowest BCUT2D eigenvalue weighted by atomic mass is 9.98. The Morgan fingerprint density at radius 1 is 1.30 bits per heavy atom. The minimum absolute atomic E-state index is 0.547. The number of aliphatic hydroxyl groups is 1. The summed E-state index contributed by atoms with van der Waals surface area (Å²) >= 11 is 0. The second kappa shape index (κ2) is 5.95. The fourth-order valence-corrected chi connectivity index (χ4v) is 2.73. The summed E-state index contributed by atoms with van der Waals surface area (Å²) in [5.74, 6) is 2.78. The lowest BCUT2D eigenvalue weighted by Gasteiger charge is -2.25. The van der Waals surface area contributed by atoms with Gasteiger partial charge in [-0.15, -0.1) is 0 Å². The van der Waals surface area contributed by atoms with Crippen LogP contribution in [0.2, 0.25) is 0 Å². The summed E-state index contributed by atoms with van der Waals surface area (Å²) < 4.78 is 0. The van der Waals surface area contributed by atoms with E-state index >= 15 is 0 Å². The summed E-state index contributed by atoms with van der Waals surface area (Å²) in [5.41, 5.74) is 0.543. The Bertz CT molecular complexity index is 473. The van der Waals surface area contributed by atoms with Gasteiger partial charge in [0.15, 0.2) is 0 Å². The highest BCUT2D eigenvalue weighted by atomic mass is 16.3. The van der Waals surface area contributed by atoms with E-state index in [9.17, 15) is 5.11 Å². The van der Waals surface area contributed by atoms with Gasteiger partial charge in [0.25, 0.3) is 0 Å². The number of hydrogen-bond donors (Lipinski definition) is 2. The summed E-state index contributed by atoms with van der Waals surface area (Å²) in [5, 5.41) is 13.4. The molecule has 112 valence electrons. The van der Waals surface area contributed by atoms with Crippen LogP contribution in [0.5, 0.6) is 0 Å². The molecule has 1 atom stereocenters. The van der Waals surface area contributed by atoms with Gasteiger partial charge in [-0.3, -0.25) is 0 Å². The molecule has 1 aliphatic heterocycles. The molecule has 2 N–H and O–H groups in total. The predicted molar refractivity (Wildman–Crippen MR) is 82.4 cm³/mol. The Hall–Kier alpha value is -1.36. The Morgan fingerprint density at radius 3 is 2.70 bits per heavy atom. The summed E-state index contributed by atoms with van der Waals surface area (Å²) in [7, 11) is 1.89. The minimum atomic E-state index is -0.547. The molecular weight excluding hydrogens is 252 g/mol. The topological polar surface area (TPSA) is 61.3 Å². The third-order valence-electron chi connectivity index (χ3n) is 4.08. The van der Waals surface area contributed by atoms with E-state index in [-0.39, 0.29) is 0 Å². The first-order valence-corrected chi connectivity index (χ1v) is 7.49. The van der Waals surface area contributed by atoms with Crippen LogP contribution < -0.4 is 10.2 Å². The molecule has 0 aliphatic carbocycles. The van der Waals surface area contributed by atoms with Crippen molar-refractivity contribution in [3.63, 3.8) is 0 Å². The fraction of sp³-hybridized carbons (Fsp3) is 0.733. The maximum absolute atomic E-state index is 10.2. The van der Waals surface area contributed by atoms with Gasteiger partial charge in [0.2, 0.25) is 0 Å². The molecule has 1 saturated heterocycles. The monoisotopic (exact) mass is 278 g/mol. The SMILES string of the molecule is CCc1nc(NC)c(C)c(N2CCCC(C)(O)CC2)n1. The highest BCUT2D eigenvalue weighted by molar-refractivity contribution is 5.58. The number of aromatic nitrogens is 2. The van der Waals surface area contributed by atoms with Crippen LogP contribution in [0.25, 0.3) is 0 Å². The maximum Gasteiger partial charge on any atom is 0.137 e. The van der Waals surface area contributed by atoms with Gasteiger partial charge < -0.3 is 15.3 Å². The van der Waals surface area contributed by atoms with Crippen molar-refractivity contribution in [3.05, 3.63) is 11.4 Å². The minimum Gasteiger partial charge on any atom is -0.390 e. The van der Waals surface area contributed by atoms with Crippen molar-refractivity contribution in [2.45, 2.75) is 52.1 Å². The van der Waals surface area contributed by atoms with Crippen LogP contribution in [0.15, 0.2) is 0 Å². The average molecular weight is 278 g/mol. The lowest BCUT2D eigenvalue weighted by molar-refractivity contribution is 0.0481. The molecule has 1 aromatic rings. The summed E-state index contributed by atoms with van der Waals surface area (Å²) in [6.07, 6.45) is 3.46. The van der Waals surface area contributed by atoms with Crippen molar-refractivity contribution >= 4 is 11.6 Å². The molecular formula is C15H26N4O. The van der Waals surface area contributed by atoms with E-state index in [4.69, 9.17) is 4.98 Å². The van der Waals surface area contributed by atoms with E-state index in [2.05, 4.69) is 29.0 Å². The molecule has 1 unspecified atom stereocenters. The fourth-order valence-electron chi connectivity index (χ4n) is 2.73. The van der Waals surface area contributed by atoms with Gasteiger partial charge in [0, 0.05) is 32.1 Å². The van der Waals surface area contributed by atoms with Crippen LogP contribution in [0.4, 0.5) is 11.6 Å². The Morgan fingerprint density at radius 2 is 2.05 bits per heavy atom. The molecule has 0 saturated carbocycles. The molecule has 0 amide bonds. The Kier molecular flexibility index (Phi) is 4.48. The van der Waals surface area contributed by atoms with E-state index in [1.54, 1.807) is 0 Å². The first-order chi connectivity index (χ1) is 9.46. The van der Waals surface area contributed by atoms with Gasteiger partial charge in [-0.25, -0.2) is 9.97 Å². The Balaban J connectivity index is 2.31. The number of nitrogens with zero attached hydrogens (tertiary/aromatic N) is 3. The second-order valence-electron chi connectivity index (χ2n) is 5.88. The van der Waals surface area contributed by atoms with Gasteiger partial charge in [-0.2, -0.15) is 0 Å². The van der Waals surface area contributed by atoms with Gasteiger partial charge in [-0.05, 0) is 33.1 Å². The van der Waals surface area contributed by atoms with Gasteiger partial charge in [0.1, 0.15) is 17.5 Å². The van der Waals surface area contributed by atoms with E-state index < -0.39 is 5.60 Å². The number of aryl methyl sites for hydroxylation is 1. The van der Waals surface area contributed by atoms with E-state index in [1.165, 1.54) is 0 Å². The van der Waals surface area contributed by atoms with E-state index in [1.807, 2.05) is 14.0 Å². The molecule has 0 bridgehead atoms. The molecule has 20 heavy (non-hydrogen) atoms. The largest absolute Gasteiger partial charge is 0.390 e. The van der Waals surface area contributed by atoms with Crippen LogP contribution in [0.3, 0.4) is 0 Å². The first-order valence-electron chi connectivity index (χ1n) is 7.49. The number of hydrogen-bond acceptors (Lipinski definition) is 5. The summed E-state index contributed by atoms with van der Waals surface area (Å²) in [6.45, 7) is 7.85. The average Bonchev–Trinajstić information content (AvgIpc) is 2.60. The van der Waals surface area contributed by atoms with Crippen molar-refractivity contribution in [2.75, 3.05) is 30.4 Å². The van der Waals surface area contributed by atoms with Gasteiger partial charge >= 0.3 is 0 Å². The van der Waals surface area contributed by atoms with E-state index in [0.717, 1.165) is 61.8 Å². The molecule has 1 fully saturated rings. The normalized spacial score (nSPS) is 23.6. The standard InChI is InChI=1S/C15H26N4O/c1-5-12-17-13(16-4)11(2)14(18-12)19-9-6-7-15(3,20)8-10-19/h20H,5-10H2,1-4H3,(H,16,17,18). The van der Waals surface area contributed by atoms with Crippen molar-refractivity contribution in [1.29, 1.82) is 0 Å². The molecule has 0 spiro atoms. The summed E-state index contributed by atoms with van der Waals surface area (Å²) in [6, 6.07) is 0.